The first-order valence-corrected chi connectivity index (χ1v) is 7.49. The maximum absolute atomic E-state index is 11.6. The van der Waals surface area contributed by atoms with E-state index in [1.54, 1.807) is 6.07 Å². The monoisotopic (exact) mass is 328 g/mol. The Morgan fingerprint density at radius 2 is 2.24 bits per heavy atom. The number of H-pyrrole nitrogens is 1. The minimum absolute atomic E-state index is 0.0155. The van der Waals surface area contributed by atoms with Crippen molar-refractivity contribution in [1.29, 1.82) is 0 Å². The largest absolute Gasteiger partial charge is 0.344 e. The Kier molecular flexibility index (Phi) is 4.69. The summed E-state index contributed by atoms with van der Waals surface area (Å²) in [6, 6.07) is 4.63. The van der Waals surface area contributed by atoms with Crippen molar-refractivity contribution in [3.05, 3.63) is 49.4 Å². The molecule has 0 spiro atoms. The predicted octanol–water partition coefficient (Wildman–Crippen LogP) is 3.01. The van der Waals surface area contributed by atoms with Gasteiger partial charge in [0.05, 0.1) is 4.92 Å². The highest BCUT2D eigenvalue weighted by Gasteiger charge is 2.15. The van der Waals surface area contributed by atoms with Crippen molar-refractivity contribution in [2.75, 3.05) is 0 Å². The predicted molar refractivity (Wildman–Crippen MR) is 80.9 cm³/mol. The van der Waals surface area contributed by atoms with Gasteiger partial charge in [0.2, 0.25) is 0 Å². The third-order valence-corrected chi connectivity index (χ3v) is 4.11. The van der Waals surface area contributed by atoms with Crippen molar-refractivity contribution in [3.8, 4) is 0 Å². The number of thioether (sulfide) groups is 1. The molecule has 0 radical (unpaired) electrons. The molecule has 0 aliphatic heterocycles. The van der Waals surface area contributed by atoms with Gasteiger partial charge >= 0.3 is 5.69 Å². The number of nitrogens with one attached hydrogen (secondary N) is 1. The van der Waals surface area contributed by atoms with E-state index in [0.29, 0.717) is 10.9 Å². The first kappa shape index (κ1) is 15.6. The lowest BCUT2D eigenvalue weighted by atomic mass is 10.2. The molecule has 1 heterocycles. The van der Waals surface area contributed by atoms with Crippen LogP contribution in [0.2, 0.25) is 5.02 Å². The molecule has 2 rings (SSSR count). The molecule has 112 valence electrons. The Bertz CT molecular complexity index is 726. The molecule has 0 saturated carbocycles. The third-order valence-electron chi connectivity index (χ3n) is 2.76. The van der Waals surface area contributed by atoms with E-state index in [0.717, 1.165) is 5.56 Å². The Balaban J connectivity index is 2.19. The van der Waals surface area contributed by atoms with Crippen LogP contribution in [0.15, 0.2) is 28.2 Å². The fourth-order valence-corrected chi connectivity index (χ4v) is 2.99. The van der Waals surface area contributed by atoms with Crippen molar-refractivity contribution in [2.24, 2.45) is 0 Å². The molecule has 2 aromatic rings. The SMILES string of the molecule is CC(C)n1c(SCc2ccc(Cl)c([N+](=O)[O-])c2)n[nH]c1=O. The number of aromatic nitrogens is 3. The Labute approximate surface area is 129 Å². The van der Waals surface area contributed by atoms with Gasteiger partial charge in [-0.2, -0.15) is 0 Å². The van der Waals surface area contributed by atoms with Gasteiger partial charge in [-0.1, -0.05) is 29.4 Å². The van der Waals surface area contributed by atoms with Gasteiger partial charge in [-0.15, -0.1) is 5.10 Å². The van der Waals surface area contributed by atoms with Gasteiger partial charge in [0.1, 0.15) is 5.02 Å². The molecular weight excluding hydrogens is 316 g/mol. The number of nitro benzene ring substituents is 1. The summed E-state index contributed by atoms with van der Waals surface area (Å²) in [5, 5.41) is 17.9. The lowest BCUT2D eigenvalue weighted by Gasteiger charge is -2.08. The van der Waals surface area contributed by atoms with E-state index in [2.05, 4.69) is 10.2 Å². The van der Waals surface area contributed by atoms with Crippen molar-refractivity contribution < 1.29 is 4.92 Å². The van der Waals surface area contributed by atoms with E-state index in [9.17, 15) is 14.9 Å². The average Bonchev–Trinajstić information content (AvgIpc) is 2.78. The van der Waals surface area contributed by atoms with Gasteiger partial charge in [0.15, 0.2) is 5.16 Å². The maximum Gasteiger partial charge on any atom is 0.344 e. The number of benzene rings is 1. The maximum atomic E-state index is 11.6. The molecule has 0 saturated heterocycles. The number of rotatable bonds is 5. The molecule has 0 aliphatic rings. The van der Waals surface area contributed by atoms with Gasteiger partial charge in [0, 0.05) is 17.9 Å². The Morgan fingerprint density at radius 1 is 1.52 bits per heavy atom. The number of hydrogen-bond acceptors (Lipinski definition) is 5. The molecular formula is C12H13ClN4O3S. The highest BCUT2D eigenvalue weighted by Crippen LogP contribution is 2.28. The molecule has 0 amide bonds. The van der Waals surface area contributed by atoms with E-state index in [1.807, 2.05) is 13.8 Å². The lowest BCUT2D eigenvalue weighted by molar-refractivity contribution is -0.384. The number of aromatic amines is 1. The van der Waals surface area contributed by atoms with E-state index in [-0.39, 0.29) is 22.4 Å². The summed E-state index contributed by atoms with van der Waals surface area (Å²) in [5.74, 6) is 0.453. The normalized spacial score (nSPS) is 11.0. The lowest BCUT2D eigenvalue weighted by Crippen LogP contribution is -2.19. The molecule has 0 fully saturated rings. The second kappa shape index (κ2) is 6.31. The summed E-state index contributed by atoms with van der Waals surface area (Å²) in [4.78, 5) is 21.9. The zero-order valence-corrected chi connectivity index (χ0v) is 12.9. The summed E-state index contributed by atoms with van der Waals surface area (Å²) in [6.07, 6.45) is 0. The first-order chi connectivity index (χ1) is 9.90. The Morgan fingerprint density at radius 3 is 2.86 bits per heavy atom. The molecule has 1 aromatic heterocycles. The molecule has 7 nitrogen and oxygen atoms in total. The summed E-state index contributed by atoms with van der Waals surface area (Å²) < 4.78 is 1.54. The van der Waals surface area contributed by atoms with E-state index >= 15 is 0 Å². The highest BCUT2D eigenvalue weighted by molar-refractivity contribution is 7.98. The van der Waals surface area contributed by atoms with E-state index in [1.165, 1.54) is 28.5 Å². The van der Waals surface area contributed by atoms with Gasteiger partial charge in [0.25, 0.3) is 5.69 Å². The van der Waals surface area contributed by atoms with E-state index < -0.39 is 4.92 Å². The zero-order chi connectivity index (χ0) is 15.6. The molecule has 9 heteroatoms. The van der Waals surface area contributed by atoms with Crippen LogP contribution in [0.1, 0.15) is 25.5 Å². The van der Waals surface area contributed by atoms with Crippen molar-refractivity contribution in [3.63, 3.8) is 0 Å². The van der Waals surface area contributed by atoms with Gasteiger partial charge in [-0.3, -0.25) is 14.7 Å². The molecule has 0 bridgehead atoms. The highest BCUT2D eigenvalue weighted by atomic mass is 35.5. The Hall–Kier alpha value is -1.80. The smallest absolute Gasteiger partial charge is 0.268 e. The van der Waals surface area contributed by atoms with Crippen LogP contribution < -0.4 is 5.69 Å². The number of nitro groups is 1. The fourth-order valence-electron chi connectivity index (χ4n) is 1.78. The molecule has 1 aromatic carbocycles. The molecule has 0 atom stereocenters. The average molecular weight is 329 g/mol. The van der Waals surface area contributed by atoms with Gasteiger partial charge in [-0.25, -0.2) is 9.89 Å². The van der Waals surface area contributed by atoms with Crippen LogP contribution >= 0.6 is 23.4 Å². The van der Waals surface area contributed by atoms with Crippen molar-refractivity contribution >= 4 is 29.1 Å². The molecule has 0 aliphatic carbocycles. The van der Waals surface area contributed by atoms with Crippen LogP contribution in [0.5, 0.6) is 0 Å². The van der Waals surface area contributed by atoms with Crippen LogP contribution in [0.4, 0.5) is 5.69 Å². The standard InChI is InChI=1S/C12H13ClN4O3S/c1-7(2)16-11(18)14-15-12(16)21-6-8-3-4-9(13)10(5-8)17(19)20/h3-5,7H,6H2,1-2H3,(H,14,18). The fraction of sp³-hybridized carbons (Fsp3) is 0.333. The minimum Gasteiger partial charge on any atom is -0.268 e. The van der Waals surface area contributed by atoms with Crippen molar-refractivity contribution in [1.82, 2.24) is 14.8 Å². The number of halogens is 1. The van der Waals surface area contributed by atoms with Crippen LogP contribution in [0.3, 0.4) is 0 Å². The van der Waals surface area contributed by atoms with Crippen LogP contribution in [-0.2, 0) is 5.75 Å². The number of hydrogen-bond donors (Lipinski definition) is 1. The third kappa shape index (κ3) is 3.45. The van der Waals surface area contributed by atoms with Crippen LogP contribution in [0, 0.1) is 10.1 Å². The van der Waals surface area contributed by atoms with Gasteiger partial charge < -0.3 is 0 Å². The van der Waals surface area contributed by atoms with Crippen LogP contribution in [-0.4, -0.2) is 19.7 Å². The summed E-state index contributed by atoms with van der Waals surface area (Å²) >= 11 is 7.10. The molecule has 0 unspecified atom stereocenters. The molecule has 21 heavy (non-hydrogen) atoms. The second-order valence-electron chi connectivity index (χ2n) is 4.61. The summed E-state index contributed by atoms with van der Waals surface area (Å²) in [6.45, 7) is 3.77. The van der Waals surface area contributed by atoms with Crippen molar-refractivity contribution in [2.45, 2.75) is 30.8 Å². The topological polar surface area (TPSA) is 93.8 Å². The second-order valence-corrected chi connectivity index (χ2v) is 5.96. The first-order valence-electron chi connectivity index (χ1n) is 6.12. The zero-order valence-electron chi connectivity index (χ0n) is 11.4. The van der Waals surface area contributed by atoms with Crippen LogP contribution in [0.25, 0.3) is 0 Å². The van der Waals surface area contributed by atoms with Gasteiger partial charge in [-0.05, 0) is 25.5 Å². The summed E-state index contributed by atoms with van der Waals surface area (Å²) in [7, 11) is 0. The minimum atomic E-state index is -0.519. The molecule has 1 N–H and O–H groups in total. The number of nitrogens with zero attached hydrogens (tertiary/aromatic N) is 3. The summed E-state index contributed by atoms with van der Waals surface area (Å²) in [5.41, 5.74) is 0.342. The quantitative estimate of drug-likeness (QED) is 0.517. The van der Waals surface area contributed by atoms with E-state index in [4.69, 9.17) is 11.6 Å².